The van der Waals surface area contributed by atoms with Crippen LogP contribution in [0.3, 0.4) is 0 Å². The average Bonchev–Trinajstić information content (AvgIpc) is 2.26. The minimum absolute atomic E-state index is 0.0937. The van der Waals surface area contributed by atoms with Gasteiger partial charge < -0.3 is 5.32 Å². The van der Waals surface area contributed by atoms with Gasteiger partial charge in [-0.2, -0.15) is 5.26 Å². The zero-order chi connectivity index (χ0) is 12.8. The van der Waals surface area contributed by atoms with Crippen molar-refractivity contribution in [1.29, 1.82) is 5.26 Å². The highest BCUT2D eigenvalue weighted by Gasteiger charge is 2.07. The number of carbonyl (C=O) groups excluding carboxylic acids is 1. The lowest BCUT2D eigenvalue weighted by Gasteiger charge is -2.08. The van der Waals surface area contributed by atoms with E-state index in [0.29, 0.717) is 12.0 Å². The Kier molecular flexibility index (Phi) is 4.65. The van der Waals surface area contributed by atoms with E-state index >= 15 is 0 Å². The highest BCUT2D eigenvalue weighted by atomic mass is 19.1. The average molecular weight is 234 g/mol. The minimum atomic E-state index is -0.464. The molecule has 17 heavy (non-hydrogen) atoms. The van der Waals surface area contributed by atoms with Crippen LogP contribution in [0.1, 0.15) is 31.4 Å². The first-order valence-electron chi connectivity index (χ1n) is 5.48. The molecule has 0 aliphatic carbocycles. The van der Waals surface area contributed by atoms with Crippen LogP contribution in [0.2, 0.25) is 0 Å². The zero-order valence-electron chi connectivity index (χ0n) is 9.96. The number of benzene rings is 1. The van der Waals surface area contributed by atoms with Crippen molar-refractivity contribution in [2.45, 2.75) is 26.8 Å². The van der Waals surface area contributed by atoms with E-state index in [1.165, 1.54) is 18.2 Å². The van der Waals surface area contributed by atoms with Crippen molar-refractivity contribution in [3.05, 3.63) is 35.1 Å². The molecule has 0 saturated carbocycles. The first kappa shape index (κ1) is 13.2. The van der Waals surface area contributed by atoms with Gasteiger partial charge in [-0.3, -0.25) is 4.79 Å². The molecule has 0 aromatic heterocycles. The maximum atomic E-state index is 13.4. The topological polar surface area (TPSA) is 52.9 Å². The zero-order valence-corrected chi connectivity index (χ0v) is 9.96. The molecule has 0 saturated heterocycles. The van der Waals surface area contributed by atoms with E-state index in [1.807, 2.05) is 19.9 Å². The van der Waals surface area contributed by atoms with Crippen LogP contribution in [-0.2, 0) is 11.3 Å². The molecular formula is C13H15FN2O. The Balaban J connectivity index is 2.58. The van der Waals surface area contributed by atoms with Gasteiger partial charge in [0.1, 0.15) is 5.82 Å². The molecule has 0 fully saturated rings. The summed E-state index contributed by atoms with van der Waals surface area (Å²) >= 11 is 0. The maximum Gasteiger partial charge on any atom is 0.220 e. The summed E-state index contributed by atoms with van der Waals surface area (Å²) in [6.45, 7) is 4.05. The number of nitriles is 1. The summed E-state index contributed by atoms with van der Waals surface area (Å²) in [5, 5.41) is 11.2. The van der Waals surface area contributed by atoms with Gasteiger partial charge in [0.05, 0.1) is 11.6 Å². The summed E-state index contributed by atoms with van der Waals surface area (Å²) in [7, 11) is 0. The van der Waals surface area contributed by atoms with Crippen molar-refractivity contribution >= 4 is 5.91 Å². The normalized spacial score (nSPS) is 10.1. The molecule has 1 aromatic rings. The Labute approximate surface area is 100 Å². The smallest absolute Gasteiger partial charge is 0.220 e. The number of nitrogens with zero attached hydrogens (tertiary/aromatic N) is 1. The van der Waals surface area contributed by atoms with E-state index in [0.717, 1.165) is 0 Å². The van der Waals surface area contributed by atoms with Crippen molar-refractivity contribution in [1.82, 2.24) is 5.32 Å². The third kappa shape index (κ3) is 4.23. The standard InChI is InChI=1S/C13H15FN2O/c1-9(2)5-13(17)16-8-11-4-3-10(7-15)6-12(11)14/h3-4,6,9H,5,8H2,1-2H3,(H,16,17). The quantitative estimate of drug-likeness (QED) is 0.869. The maximum absolute atomic E-state index is 13.4. The summed E-state index contributed by atoms with van der Waals surface area (Å²) in [6, 6.07) is 6.08. The van der Waals surface area contributed by atoms with Crippen LogP contribution in [0.25, 0.3) is 0 Å². The summed E-state index contributed by atoms with van der Waals surface area (Å²) in [6.07, 6.45) is 0.428. The first-order chi connectivity index (χ1) is 8.02. The molecule has 0 unspecified atom stereocenters. The highest BCUT2D eigenvalue weighted by molar-refractivity contribution is 5.76. The monoisotopic (exact) mass is 234 g/mol. The molecule has 0 bridgehead atoms. The van der Waals surface area contributed by atoms with Crippen molar-refractivity contribution < 1.29 is 9.18 Å². The molecule has 0 heterocycles. The summed E-state index contributed by atoms with van der Waals surface area (Å²) in [4.78, 5) is 11.4. The lowest BCUT2D eigenvalue weighted by molar-refractivity contribution is -0.121. The van der Waals surface area contributed by atoms with Crippen LogP contribution in [0, 0.1) is 23.1 Å². The molecule has 0 spiro atoms. The van der Waals surface area contributed by atoms with Gasteiger partial charge in [-0.05, 0) is 18.1 Å². The lowest BCUT2D eigenvalue weighted by Crippen LogP contribution is -2.24. The molecule has 1 amide bonds. The number of hydrogen-bond donors (Lipinski definition) is 1. The minimum Gasteiger partial charge on any atom is -0.352 e. The van der Waals surface area contributed by atoms with Gasteiger partial charge in [0.2, 0.25) is 5.91 Å². The Morgan fingerprint density at radius 2 is 2.24 bits per heavy atom. The van der Waals surface area contributed by atoms with E-state index in [9.17, 15) is 9.18 Å². The van der Waals surface area contributed by atoms with Crippen LogP contribution in [0.15, 0.2) is 18.2 Å². The summed E-state index contributed by atoms with van der Waals surface area (Å²) in [5.74, 6) is -0.279. The number of rotatable bonds is 4. The Hall–Kier alpha value is -1.89. The molecule has 1 aromatic carbocycles. The van der Waals surface area contributed by atoms with E-state index in [-0.39, 0.29) is 23.9 Å². The molecule has 1 N–H and O–H groups in total. The van der Waals surface area contributed by atoms with Crippen molar-refractivity contribution in [2.75, 3.05) is 0 Å². The fourth-order valence-corrected chi connectivity index (χ4v) is 1.40. The van der Waals surface area contributed by atoms with E-state index in [4.69, 9.17) is 5.26 Å². The Morgan fingerprint density at radius 1 is 1.53 bits per heavy atom. The van der Waals surface area contributed by atoms with Crippen molar-refractivity contribution in [3.63, 3.8) is 0 Å². The number of carbonyl (C=O) groups is 1. The van der Waals surface area contributed by atoms with Gasteiger partial charge in [0.15, 0.2) is 0 Å². The molecule has 0 radical (unpaired) electrons. The molecule has 3 nitrogen and oxygen atoms in total. The molecule has 0 aliphatic heterocycles. The third-order valence-corrected chi connectivity index (χ3v) is 2.25. The van der Waals surface area contributed by atoms with E-state index < -0.39 is 5.82 Å². The fourth-order valence-electron chi connectivity index (χ4n) is 1.40. The number of hydrogen-bond acceptors (Lipinski definition) is 2. The van der Waals surface area contributed by atoms with Crippen LogP contribution in [0.4, 0.5) is 4.39 Å². The molecule has 4 heteroatoms. The molecule has 0 atom stereocenters. The molecular weight excluding hydrogens is 219 g/mol. The summed E-state index contributed by atoms with van der Waals surface area (Å²) < 4.78 is 13.4. The van der Waals surface area contributed by atoms with Gasteiger partial charge in [-0.15, -0.1) is 0 Å². The van der Waals surface area contributed by atoms with Crippen LogP contribution >= 0.6 is 0 Å². The number of amides is 1. The van der Waals surface area contributed by atoms with E-state index in [1.54, 1.807) is 0 Å². The summed E-state index contributed by atoms with van der Waals surface area (Å²) in [5.41, 5.74) is 0.667. The van der Waals surface area contributed by atoms with Crippen LogP contribution in [-0.4, -0.2) is 5.91 Å². The predicted molar refractivity (Wildman–Crippen MR) is 62.4 cm³/mol. The first-order valence-corrected chi connectivity index (χ1v) is 5.48. The Morgan fingerprint density at radius 3 is 2.76 bits per heavy atom. The van der Waals surface area contributed by atoms with Gasteiger partial charge in [-0.1, -0.05) is 19.9 Å². The lowest BCUT2D eigenvalue weighted by atomic mass is 10.1. The second kappa shape index (κ2) is 6.00. The highest BCUT2D eigenvalue weighted by Crippen LogP contribution is 2.10. The largest absolute Gasteiger partial charge is 0.352 e. The van der Waals surface area contributed by atoms with Crippen molar-refractivity contribution in [3.8, 4) is 6.07 Å². The SMILES string of the molecule is CC(C)CC(=O)NCc1ccc(C#N)cc1F. The Bertz CT molecular complexity index is 449. The van der Waals surface area contributed by atoms with Gasteiger partial charge >= 0.3 is 0 Å². The molecule has 0 aliphatic rings. The number of halogens is 1. The van der Waals surface area contributed by atoms with Crippen LogP contribution < -0.4 is 5.32 Å². The number of nitrogens with one attached hydrogen (secondary N) is 1. The van der Waals surface area contributed by atoms with Gasteiger partial charge in [-0.25, -0.2) is 4.39 Å². The predicted octanol–water partition coefficient (Wildman–Crippen LogP) is 2.36. The third-order valence-electron chi connectivity index (χ3n) is 2.25. The second-order valence-electron chi connectivity index (χ2n) is 4.29. The fraction of sp³-hybridized carbons (Fsp3) is 0.385. The van der Waals surface area contributed by atoms with Crippen molar-refractivity contribution in [2.24, 2.45) is 5.92 Å². The second-order valence-corrected chi connectivity index (χ2v) is 4.29. The van der Waals surface area contributed by atoms with Gasteiger partial charge in [0, 0.05) is 18.5 Å². The van der Waals surface area contributed by atoms with Gasteiger partial charge in [0.25, 0.3) is 0 Å². The molecule has 90 valence electrons. The molecule has 1 rings (SSSR count). The van der Waals surface area contributed by atoms with Crippen LogP contribution in [0.5, 0.6) is 0 Å². The van der Waals surface area contributed by atoms with E-state index in [2.05, 4.69) is 5.32 Å².